The number of halogens is 2. The summed E-state index contributed by atoms with van der Waals surface area (Å²) in [4.78, 5) is 21.5. The number of nitrogens with one attached hydrogen (secondary N) is 1. The highest BCUT2D eigenvalue weighted by Gasteiger charge is 2.18. The van der Waals surface area contributed by atoms with Gasteiger partial charge in [-0.15, -0.1) is 0 Å². The van der Waals surface area contributed by atoms with Crippen LogP contribution in [0.1, 0.15) is 10.6 Å². The van der Waals surface area contributed by atoms with Crippen LogP contribution in [0.15, 0.2) is 28.7 Å². The van der Waals surface area contributed by atoms with Crippen LogP contribution in [0.2, 0.25) is 10.0 Å². The molecule has 0 radical (unpaired) electrons. The highest BCUT2D eigenvalue weighted by atomic mass is 35.5. The lowest BCUT2D eigenvalue weighted by Gasteiger charge is -2.07. The van der Waals surface area contributed by atoms with Crippen molar-refractivity contribution in [1.29, 1.82) is 0 Å². The van der Waals surface area contributed by atoms with Gasteiger partial charge in [0.05, 0.1) is 21.8 Å². The fourth-order valence-electron chi connectivity index (χ4n) is 1.40. The second kappa shape index (κ2) is 5.40. The van der Waals surface area contributed by atoms with Gasteiger partial charge in [0.25, 0.3) is 5.91 Å². The van der Waals surface area contributed by atoms with Crippen LogP contribution in [0.3, 0.4) is 0 Å². The first kappa shape index (κ1) is 14.2. The number of nitrogens with zero attached hydrogens (tertiary/aromatic N) is 1. The molecule has 0 atom stereocenters. The van der Waals surface area contributed by atoms with Crippen LogP contribution in [0.4, 0.5) is 17.3 Å². The van der Waals surface area contributed by atoms with Crippen LogP contribution >= 0.6 is 23.2 Å². The average molecular weight is 316 g/mol. The number of nitro groups is 1. The van der Waals surface area contributed by atoms with Gasteiger partial charge in [0, 0.05) is 5.69 Å². The second-order valence-corrected chi connectivity index (χ2v) is 4.52. The summed E-state index contributed by atoms with van der Waals surface area (Å²) in [5.41, 5.74) is 6.04. The number of carbonyl (C=O) groups excluding carboxylic acids is 1. The third kappa shape index (κ3) is 2.84. The summed E-state index contributed by atoms with van der Waals surface area (Å²) >= 11 is 11.6. The smallest absolute Gasteiger partial charge is 0.396 e. The number of nitrogen functional groups attached to an aromatic ring is 1. The fourth-order valence-corrected chi connectivity index (χ4v) is 1.88. The van der Waals surface area contributed by atoms with Gasteiger partial charge in [-0.05, 0) is 18.2 Å². The molecule has 1 aromatic carbocycles. The maximum atomic E-state index is 11.8. The molecule has 1 aromatic heterocycles. The molecule has 0 aliphatic carbocycles. The van der Waals surface area contributed by atoms with E-state index in [2.05, 4.69) is 5.32 Å². The molecule has 1 heterocycles. The standard InChI is InChI=1S/C11H7Cl2N3O4/c12-6-3-5(4-7(13)10(6)14)15-11(17)8-1-2-9(20-8)16(18)19/h1-4H,14H2,(H,15,17). The van der Waals surface area contributed by atoms with Crippen LogP contribution in [0, 0.1) is 10.1 Å². The zero-order valence-corrected chi connectivity index (χ0v) is 11.2. The number of carbonyl (C=O) groups is 1. The van der Waals surface area contributed by atoms with Crippen molar-refractivity contribution in [3.8, 4) is 0 Å². The molecule has 104 valence electrons. The predicted molar refractivity (Wildman–Crippen MR) is 74.2 cm³/mol. The van der Waals surface area contributed by atoms with Crippen LogP contribution in [0.5, 0.6) is 0 Å². The molecule has 2 rings (SSSR count). The van der Waals surface area contributed by atoms with Crippen molar-refractivity contribution in [2.24, 2.45) is 0 Å². The molecule has 0 saturated carbocycles. The highest BCUT2D eigenvalue weighted by molar-refractivity contribution is 6.39. The van der Waals surface area contributed by atoms with Crippen LogP contribution < -0.4 is 11.1 Å². The number of furan rings is 1. The zero-order valence-electron chi connectivity index (χ0n) is 9.72. The van der Waals surface area contributed by atoms with Crippen LogP contribution in [-0.2, 0) is 0 Å². The van der Waals surface area contributed by atoms with Crippen LogP contribution in [-0.4, -0.2) is 10.8 Å². The topological polar surface area (TPSA) is 111 Å². The summed E-state index contributed by atoms with van der Waals surface area (Å²) in [6.45, 7) is 0. The first-order chi connectivity index (χ1) is 9.38. The number of rotatable bonds is 3. The van der Waals surface area contributed by atoms with E-state index in [9.17, 15) is 14.9 Å². The largest absolute Gasteiger partial charge is 0.433 e. The SMILES string of the molecule is Nc1c(Cl)cc(NC(=O)c2ccc([N+](=O)[O-])o2)cc1Cl. The molecule has 0 saturated heterocycles. The van der Waals surface area contributed by atoms with Crippen molar-refractivity contribution in [1.82, 2.24) is 0 Å². The number of hydrogen-bond donors (Lipinski definition) is 2. The monoisotopic (exact) mass is 315 g/mol. The minimum Gasteiger partial charge on any atom is -0.396 e. The van der Waals surface area contributed by atoms with Crippen molar-refractivity contribution in [3.63, 3.8) is 0 Å². The van der Waals surface area contributed by atoms with E-state index < -0.39 is 16.7 Å². The van der Waals surface area contributed by atoms with Crippen molar-refractivity contribution in [2.75, 3.05) is 11.1 Å². The van der Waals surface area contributed by atoms with Gasteiger partial charge >= 0.3 is 5.88 Å². The first-order valence-corrected chi connectivity index (χ1v) is 5.94. The Morgan fingerprint density at radius 1 is 1.30 bits per heavy atom. The maximum Gasteiger partial charge on any atom is 0.433 e. The van der Waals surface area contributed by atoms with E-state index in [1.54, 1.807) is 0 Å². The molecule has 9 heteroatoms. The number of benzene rings is 1. The number of nitrogens with two attached hydrogens (primary N) is 1. The van der Waals surface area contributed by atoms with Crippen molar-refractivity contribution >= 4 is 46.4 Å². The molecule has 0 aliphatic heterocycles. The molecular weight excluding hydrogens is 309 g/mol. The average Bonchev–Trinajstić information content (AvgIpc) is 2.85. The third-order valence-electron chi connectivity index (χ3n) is 2.33. The van der Waals surface area contributed by atoms with E-state index in [1.165, 1.54) is 18.2 Å². The van der Waals surface area contributed by atoms with E-state index in [4.69, 9.17) is 33.4 Å². The summed E-state index contributed by atoms with van der Waals surface area (Å²) in [6.07, 6.45) is 0. The van der Waals surface area contributed by atoms with E-state index in [-0.39, 0.29) is 21.5 Å². The molecule has 0 unspecified atom stereocenters. The molecule has 0 aliphatic rings. The Hall–Kier alpha value is -2.25. The first-order valence-electron chi connectivity index (χ1n) is 5.18. The summed E-state index contributed by atoms with van der Waals surface area (Å²) < 4.78 is 4.76. The van der Waals surface area contributed by atoms with E-state index >= 15 is 0 Å². The lowest BCUT2D eigenvalue weighted by molar-refractivity contribution is -0.402. The van der Waals surface area contributed by atoms with Gasteiger partial charge in [0.2, 0.25) is 0 Å². The minimum atomic E-state index is -0.742. The summed E-state index contributed by atoms with van der Waals surface area (Å²) in [5, 5.41) is 13.3. The second-order valence-electron chi connectivity index (χ2n) is 3.70. The van der Waals surface area contributed by atoms with Gasteiger partial charge < -0.3 is 15.5 Å². The van der Waals surface area contributed by atoms with Gasteiger partial charge in [-0.3, -0.25) is 14.9 Å². The summed E-state index contributed by atoms with van der Waals surface area (Å²) in [6, 6.07) is 5.07. The number of hydrogen-bond acceptors (Lipinski definition) is 5. The van der Waals surface area contributed by atoms with Crippen molar-refractivity contribution < 1.29 is 14.1 Å². The van der Waals surface area contributed by atoms with E-state index in [0.717, 1.165) is 6.07 Å². The van der Waals surface area contributed by atoms with E-state index in [1.807, 2.05) is 0 Å². The Kier molecular flexibility index (Phi) is 3.82. The van der Waals surface area contributed by atoms with Crippen molar-refractivity contribution in [3.05, 3.63) is 50.2 Å². The Morgan fingerprint density at radius 2 is 1.90 bits per heavy atom. The summed E-state index contributed by atoms with van der Waals surface area (Å²) in [5.74, 6) is -1.40. The number of anilines is 2. The Balaban J connectivity index is 2.21. The molecule has 7 nitrogen and oxygen atoms in total. The molecule has 1 amide bonds. The molecule has 0 bridgehead atoms. The quantitative estimate of drug-likeness (QED) is 0.512. The molecule has 2 aromatic rings. The zero-order chi connectivity index (χ0) is 14.9. The lowest BCUT2D eigenvalue weighted by Crippen LogP contribution is -2.11. The van der Waals surface area contributed by atoms with Gasteiger partial charge in [-0.1, -0.05) is 23.2 Å². The minimum absolute atomic E-state index is 0.179. The Morgan fingerprint density at radius 3 is 2.40 bits per heavy atom. The van der Waals surface area contributed by atoms with E-state index in [0.29, 0.717) is 5.69 Å². The molecule has 20 heavy (non-hydrogen) atoms. The normalized spacial score (nSPS) is 10.3. The molecular formula is C11H7Cl2N3O4. The van der Waals surface area contributed by atoms with Gasteiger partial charge in [-0.2, -0.15) is 0 Å². The molecule has 0 fully saturated rings. The lowest BCUT2D eigenvalue weighted by atomic mass is 10.2. The number of amides is 1. The highest BCUT2D eigenvalue weighted by Crippen LogP contribution is 2.31. The molecule has 3 N–H and O–H groups in total. The van der Waals surface area contributed by atoms with Gasteiger partial charge in [0.1, 0.15) is 4.92 Å². The fraction of sp³-hybridized carbons (Fsp3) is 0. The Labute approximate surface area is 122 Å². The van der Waals surface area contributed by atoms with Crippen molar-refractivity contribution in [2.45, 2.75) is 0 Å². The Bertz CT molecular complexity index is 676. The van der Waals surface area contributed by atoms with Gasteiger partial charge in [0.15, 0.2) is 5.76 Å². The van der Waals surface area contributed by atoms with Gasteiger partial charge in [-0.25, -0.2) is 0 Å². The maximum absolute atomic E-state index is 11.8. The summed E-state index contributed by atoms with van der Waals surface area (Å²) in [7, 11) is 0. The predicted octanol–water partition coefficient (Wildman–Crippen LogP) is 3.33. The van der Waals surface area contributed by atoms with Crippen LogP contribution in [0.25, 0.3) is 0 Å². The molecule has 0 spiro atoms. The third-order valence-corrected chi connectivity index (χ3v) is 2.96.